The van der Waals surface area contributed by atoms with Gasteiger partial charge in [0, 0.05) is 5.69 Å². The summed E-state index contributed by atoms with van der Waals surface area (Å²) in [5.74, 6) is 5.02. The van der Waals surface area contributed by atoms with Gasteiger partial charge in [0.05, 0.1) is 12.1 Å². The van der Waals surface area contributed by atoms with Gasteiger partial charge >= 0.3 is 6.03 Å². The number of hydrogen-bond donors (Lipinski definition) is 2. The SMILES string of the molecule is Cc1ccccc1NC(=O)NCC#Cc1ccccc1F. The molecule has 0 spiro atoms. The molecular weight excluding hydrogens is 267 g/mol. The van der Waals surface area contributed by atoms with Gasteiger partial charge in [0.2, 0.25) is 0 Å². The summed E-state index contributed by atoms with van der Waals surface area (Å²) < 4.78 is 13.3. The van der Waals surface area contributed by atoms with E-state index in [4.69, 9.17) is 0 Å². The second kappa shape index (κ2) is 7.11. The van der Waals surface area contributed by atoms with Gasteiger partial charge in [-0.1, -0.05) is 42.2 Å². The largest absolute Gasteiger partial charge is 0.327 e. The fraction of sp³-hybridized carbons (Fsp3) is 0.118. The number of halogens is 1. The summed E-state index contributed by atoms with van der Waals surface area (Å²) in [6.45, 7) is 2.06. The number of aryl methyl sites for hydroxylation is 1. The molecule has 0 saturated heterocycles. The van der Waals surface area contributed by atoms with Gasteiger partial charge in [0.15, 0.2) is 0 Å². The van der Waals surface area contributed by atoms with E-state index in [2.05, 4.69) is 22.5 Å². The second-order valence-electron chi connectivity index (χ2n) is 4.40. The van der Waals surface area contributed by atoms with Gasteiger partial charge in [0.1, 0.15) is 5.82 Å². The van der Waals surface area contributed by atoms with E-state index in [0.29, 0.717) is 5.56 Å². The fourth-order valence-electron chi connectivity index (χ4n) is 1.71. The van der Waals surface area contributed by atoms with Crippen LogP contribution in [0.2, 0.25) is 0 Å². The lowest BCUT2D eigenvalue weighted by atomic mass is 10.2. The molecule has 0 fully saturated rings. The van der Waals surface area contributed by atoms with Crippen LogP contribution in [-0.4, -0.2) is 12.6 Å². The van der Waals surface area contributed by atoms with E-state index < -0.39 is 0 Å². The number of urea groups is 1. The lowest BCUT2D eigenvalue weighted by Crippen LogP contribution is -2.29. The first-order valence-corrected chi connectivity index (χ1v) is 6.50. The van der Waals surface area contributed by atoms with E-state index in [-0.39, 0.29) is 18.4 Å². The highest BCUT2D eigenvalue weighted by Crippen LogP contribution is 2.12. The van der Waals surface area contributed by atoms with Crippen molar-refractivity contribution in [3.8, 4) is 11.8 Å². The molecule has 2 aromatic rings. The summed E-state index contributed by atoms with van der Waals surface area (Å²) in [4.78, 5) is 11.7. The number of carbonyl (C=O) groups excluding carboxylic acids is 1. The Balaban J connectivity index is 1.86. The Morgan fingerprint density at radius 1 is 1.14 bits per heavy atom. The molecule has 2 amide bonds. The number of benzene rings is 2. The van der Waals surface area contributed by atoms with Crippen LogP contribution in [0, 0.1) is 24.6 Å². The van der Waals surface area contributed by atoms with E-state index in [1.54, 1.807) is 18.2 Å². The van der Waals surface area contributed by atoms with Crippen LogP contribution in [0.1, 0.15) is 11.1 Å². The normalized spacial score (nSPS) is 9.43. The van der Waals surface area contributed by atoms with Gasteiger partial charge in [-0.2, -0.15) is 0 Å². The van der Waals surface area contributed by atoms with Crippen molar-refractivity contribution < 1.29 is 9.18 Å². The van der Waals surface area contributed by atoms with E-state index in [9.17, 15) is 9.18 Å². The molecule has 0 aliphatic carbocycles. The van der Waals surface area contributed by atoms with E-state index >= 15 is 0 Å². The van der Waals surface area contributed by atoms with Crippen LogP contribution in [0.25, 0.3) is 0 Å². The Kier molecular flexibility index (Phi) is 4.94. The Labute approximate surface area is 123 Å². The molecule has 0 aromatic heterocycles. The van der Waals surface area contributed by atoms with Crippen molar-refractivity contribution >= 4 is 11.7 Å². The van der Waals surface area contributed by atoms with Crippen molar-refractivity contribution in [2.75, 3.05) is 11.9 Å². The number of amides is 2. The highest BCUT2D eigenvalue weighted by atomic mass is 19.1. The standard InChI is InChI=1S/C17H15FN2O/c1-13-7-2-5-11-16(13)20-17(21)19-12-6-9-14-8-3-4-10-15(14)18/h2-5,7-8,10-11H,12H2,1H3,(H2,19,20,21). The molecular formula is C17H15FN2O. The molecule has 0 unspecified atom stereocenters. The van der Waals surface area contributed by atoms with E-state index in [1.807, 2.05) is 31.2 Å². The Morgan fingerprint density at radius 2 is 1.86 bits per heavy atom. The van der Waals surface area contributed by atoms with Crippen LogP contribution in [0.5, 0.6) is 0 Å². The average molecular weight is 282 g/mol. The van der Waals surface area contributed by atoms with Gasteiger partial charge < -0.3 is 10.6 Å². The third-order valence-electron chi connectivity index (χ3n) is 2.83. The number of nitrogens with one attached hydrogen (secondary N) is 2. The first-order chi connectivity index (χ1) is 10.2. The van der Waals surface area contributed by atoms with Crippen molar-refractivity contribution in [2.45, 2.75) is 6.92 Å². The highest BCUT2D eigenvalue weighted by molar-refractivity contribution is 5.90. The zero-order valence-corrected chi connectivity index (χ0v) is 11.6. The summed E-state index contributed by atoms with van der Waals surface area (Å²) in [7, 11) is 0. The molecule has 2 N–H and O–H groups in total. The minimum atomic E-state index is -0.366. The maximum absolute atomic E-state index is 13.3. The predicted molar refractivity (Wildman–Crippen MR) is 81.5 cm³/mol. The Bertz CT molecular complexity index is 701. The third kappa shape index (κ3) is 4.36. The van der Waals surface area contributed by atoms with Crippen LogP contribution in [-0.2, 0) is 0 Å². The van der Waals surface area contributed by atoms with Crippen molar-refractivity contribution in [2.24, 2.45) is 0 Å². The topological polar surface area (TPSA) is 41.1 Å². The summed E-state index contributed by atoms with van der Waals surface area (Å²) in [5, 5.41) is 5.33. The first-order valence-electron chi connectivity index (χ1n) is 6.50. The monoisotopic (exact) mass is 282 g/mol. The second-order valence-corrected chi connectivity index (χ2v) is 4.40. The van der Waals surface area contributed by atoms with Crippen LogP contribution in [0.3, 0.4) is 0 Å². The molecule has 4 heteroatoms. The quantitative estimate of drug-likeness (QED) is 0.815. The number of carbonyl (C=O) groups is 1. The molecule has 0 radical (unpaired) electrons. The molecule has 0 aliphatic rings. The van der Waals surface area contributed by atoms with Crippen molar-refractivity contribution in [1.29, 1.82) is 0 Å². The lowest BCUT2D eigenvalue weighted by molar-refractivity contribution is 0.253. The molecule has 21 heavy (non-hydrogen) atoms. The van der Waals surface area contributed by atoms with Crippen molar-refractivity contribution in [3.63, 3.8) is 0 Å². The smallest absolute Gasteiger partial charge is 0.320 e. The van der Waals surface area contributed by atoms with Gasteiger partial charge in [-0.15, -0.1) is 0 Å². The fourth-order valence-corrected chi connectivity index (χ4v) is 1.71. The summed E-state index contributed by atoms with van der Waals surface area (Å²) in [5.41, 5.74) is 2.04. The number of hydrogen-bond acceptors (Lipinski definition) is 1. The van der Waals surface area contributed by atoms with E-state index in [0.717, 1.165) is 11.3 Å². The number of anilines is 1. The third-order valence-corrected chi connectivity index (χ3v) is 2.83. The average Bonchev–Trinajstić information content (AvgIpc) is 2.48. The molecule has 0 heterocycles. The zero-order chi connectivity index (χ0) is 15.1. The van der Waals surface area contributed by atoms with Crippen LogP contribution < -0.4 is 10.6 Å². The molecule has 3 nitrogen and oxygen atoms in total. The molecule has 2 rings (SSSR count). The van der Waals surface area contributed by atoms with Crippen molar-refractivity contribution in [1.82, 2.24) is 5.32 Å². The summed E-state index contributed by atoms with van der Waals surface area (Å²) in [6.07, 6.45) is 0. The minimum absolute atomic E-state index is 0.145. The number of para-hydroxylation sites is 1. The summed E-state index contributed by atoms with van der Waals surface area (Å²) in [6, 6.07) is 13.4. The van der Waals surface area contributed by atoms with Gasteiger partial charge in [0.25, 0.3) is 0 Å². The maximum Gasteiger partial charge on any atom is 0.320 e. The Morgan fingerprint density at radius 3 is 2.62 bits per heavy atom. The van der Waals surface area contributed by atoms with Gasteiger partial charge in [-0.3, -0.25) is 0 Å². The molecule has 0 saturated carbocycles. The van der Waals surface area contributed by atoms with E-state index in [1.165, 1.54) is 6.07 Å². The Hall–Kier alpha value is -2.80. The zero-order valence-electron chi connectivity index (χ0n) is 11.6. The predicted octanol–water partition coefficient (Wildman–Crippen LogP) is 3.31. The maximum atomic E-state index is 13.3. The lowest BCUT2D eigenvalue weighted by Gasteiger charge is -2.07. The first kappa shape index (κ1) is 14.6. The van der Waals surface area contributed by atoms with Crippen LogP contribution >= 0.6 is 0 Å². The molecule has 0 bridgehead atoms. The minimum Gasteiger partial charge on any atom is -0.327 e. The van der Waals surface area contributed by atoms with Crippen LogP contribution in [0.4, 0.5) is 14.9 Å². The van der Waals surface area contributed by atoms with Crippen molar-refractivity contribution in [3.05, 3.63) is 65.5 Å². The molecule has 2 aromatic carbocycles. The summed E-state index contributed by atoms with van der Waals surface area (Å²) >= 11 is 0. The van der Waals surface area contributed by atoms with Crippen LogP contribution in [0.15, 0.2) is 48.5 Å². The number of rotatable bonds is 2. The van der Waals surface area contributed by atoms with Gasteiger partial charge in [-0.05, 0) is 30.7 Å². The highest BCUT2D eigenvalue weighted by Gasteiger charge is 2.01. The molecule has 0 atom stereocenters. The molecule has 0 aliphatic heterocycles. The molecule has 106 valence electrons. The van der Waals surface area contributed by atoms with Gasteiger partial charge in [-0.25, -0.2) is 9.18 Å².